The highest BCUT2D eigenvalue weighted by Gasteiger charge is 2.71. The van der Waals surface area contributed by atoms with E-state index in [9.17, 15) is 65.1 Å². The van der Waals surface area contributed by atoms with E-state index in [1.807, 2.05) is 0 Å². The highest BCUT2D eigenvalue weighted by Crippen LogP contribution is 2.76. The summed E-state index contributed by atoms with van der Waals surface area (Å²) in [7, 11) is 0. The van der Waals surface area contributed by atoms with Gasteiger partial charge in [0.05, 0.1) is 18.1 Å². The largest absolute Gasteiger partial charge is 0.480 e. The summed E-state index contributed by atoms with van der Waals surface area (Å²) >= 11 is 0. The van der Waals surface area contributed by atoms with E-state index in [1.54, 1.807) is 0 Å². The molecule has 8 rings (SSSR count). The van der Waals surface area contributed by atoms with Crippen molar-refractivity contribution in [1.82, 2.24) is 0 Å². The van der Waals surface area contributed by atoms with Gasteiger partial charge in [0.1, 0.15) is 49.3 Å². The van der Waals surface area contributed by atoms with E-state index >= 15 is 0 Å². The first-order valence-electron chi connectivity index (χ1n) is 23.7. The number of esters is 1. The molecule has 7 fully saturated rings. The van der Waals surface area contributed by atoms with Gasteiger partial charge in [0.25, 0.3) is 0 Å². The maximum absolute atomic E-state index is 14.7. The molecule has 20 nitrogen and oxygen atoms in total. The fourth-order valence-corrected chi connectivity index (χ4v) is 14.7. The van der Waals surface area contributed by atoms with Crippen LogP contribution in [-0.4, -0.2) is 163 Å². The van der Waals surface area contributed by atoms with Crippen LogP contribution >= 0.6 is 0 Å². The second-order valence-electron chi connectivity index (χ2n) is 22.9. The SMILES string of the molecule is CC1(C)CC[C@@]2(C(=O)O[C@@H]3O[C@H](CO)[C@H](O)[C@H](O)[C@H]3O)CC[C@]3(C)C(=CC[C@@H]4[C@@]5(C)CC[C@@H](O[C@H]6O[C@H](C(=O)O)[C@H](O)[C@H]7O[C@@](O)(C(=O)O)[C@@H](OCC(=O)O)O[C@H]67)C(C)(C)[C@@H]5CC[C@@]43C)[C@@H]2C1. The Morgan fingerprint density at radius 3 is 2.09 bits per heavy atom. The highest BCUT2D eigenvalue weighted by molar-refractivity contribution is 5.79. The predicted molar refractivity (Wildman–Crippen MR) is 226 cm³/mol. The zero-order chi connectivity index (χ0) is 49.2. The van der Waals surface area contributed by atoms with Crippen LogP contribution in [0.1, 0.15) is 113 Å². The van der Waals surface area contributed by atoms with Crippen molar-refractivity contribution in [1.29, 1.82) is 0 Å². The molecule has 0 unspecified atom stereocenters. The smallest absolute Gasteiger partial charge is 0.369 e. The van der Waals surface area contributed by atoms with Crippen LogP contribution in [0, 0.1) is 50.2 Å². The molecule has 0 aromatic carbocycles. The number of rotatable bonds is 10. The van der Waals surface area contributed by atoms with Crippen LogP contribution in [0.4, 0.5) is 0 Å². The van der Waals surface area contributed by atoms with Gasteiger partial charge in [-0.15, -0.1) is 0 Å². The Hall–Kier alpha value is -2.86. The quantitative estimate of drug-likeness (QED) is 0.0854. The average molecular weight is 955 g/mol. The standard InChI is InChI=1S/C47H70O20/c1-41(2)14-16-46(39(59)66-36-30(53)29(52)28(51)23(19-48)62-36)17-15-44(6)21(22(46)18-41)8-9-25-43(5)12-11-26(42(3,4)24(43)10-13-45(25,44)7)63-37-34-32(31(54)33(64-37)35(55)56)67-47(60,38(57)58)40(65-34)61-20-27(49)50/h8,22-26,28-34,36-37,40,48,51-54,60H,9-20H2,1-7H3,(H,49,50)(H,55,56)(H,57,58)/t22-,23+,24-,25+,26+,28-,29-,30+,31+,32+,33-,34-,36-,37-,40-,43-,44+,45-,46+,47-/m0/s1. The fourth-order valence-electron chi connectivity index (χ4n) is 14.7. The molecule has 3 saturated heterocycles. The van der Waals surface area contributed by atoms with Crippen LogP contribution in [0.15, 0.2) is 11.6 Å². The molecule has 0 radical (unpaired) electrons. The molecule has 0 spiro atoms. The lowest BCUT2D eigenvalue weighted by atomic mass is 9.33. The molecule has 0 aromatic heterocycles. The minimum absolute atomic E-state index is 0.0627. The first-order chi connectivity index (χ1) is 31.1. The van der Waals surface area contributed by atoms with Crippen LogP contribution < -0.4 is 0 Å². The molecule has 3 aliphatic heterocycles. The number of fused-ring (bicyclic) bond motifs is 8. The van der Waals surface area contributed by atoms with E-state index in [4.69, 9.17) is 33.2 Å². The Kier molecular flexibility index (Phi) is 13.0. The lowest BCUT2D eigenvalue weighted by Gasteiger charge is -2.71. The van der Waals surface area contributed by atoms with E-state index in [0.29, 0.717) is 32.1 Å². The third-order valence-electron chi connectivity index (χ3n) is 18.7. The molecule has 5 aliphatic carbocycles. The van der Waals surface area contributed by atoms with Crippen molar-refractivity contribution in [2.45, 2.75) is 192 Å². The summed E-state index contributed by atoms with van der Waals surface area (Å²) in [5.41, 5.74) is -1.15. The van der Waals surface area contributed by atoms with Crippen LogP contribution in [0.5, 0.6) is 0 Å². The first-order valence-corrected chi connectivity index (χ1v) is 23.7. The van der Waals surface area contributed by atoms with Crippen LogP contribution in [-0.2, 0) is 52.3 Å². The molecule has 0 aromatic rings. The molecule has 9 N–H and O–H groups in total. The van der Waals surface area contributed by atoms with E-state index in [-0.39, 0.29) is 39.4 Å². The van der Waals surface area contributed by atoms with Gasteiger partial charge in [-0.3, -0.25) is 4.79 Å². The van der Waals surface area contributed by atoms with Gasteiger partial charge in [-0.25, -0.2) is 14.4 Å². The Balaban J connectivity index is 1.06. The van der Waals surface area contributed by atoms with Crippen LogP contribution in [0.3, 0.4) is 0 Å². The summed E-state index contributed by atoms with van der Waals surface area (Å²) < 4.78 is 40.5. The zero-order valence-electron chi connectivity index (χ0n) is 39.2. The molecule has 0 bridgehead atoms. The molecular formula is C47H70O20. The summed E-state index contributed by atoms with van der Waals surface area (Å²) in [6, 6.07) is 0. The Morgan fingerprint density at radius 2 is 1.45 bits per heavy atom. The minimum atomic E-state index is -3.32. The number of hydrogen-bond acceptors (Lipinski definition) is 17. The van der Waals surface area contributed by atoms with Crippen molar-refractivity contribution in [2.24, 2.45) is 50.2 Å². The minimum Gasteiger partial charge on any atom is -0.480 e. The number of carbonyl (C=O) groups is 4. The lowest BCUT2D eigenvalue weighted by Crippen LogP contribution is -2.72. The maximum Gasteiger partial charge on any atom is 0.369 e. The number of carboxylic acid groups (broad SMARTS) is 3. The molecule has 0 amide bonds. The molecule has 3 heterocycles. The summed E-state index contributed by atoms with van der Waals surface area (Å²) in [5.74, 6) is -8.90. The van der Waals surface area contributed by atoms with Gasteiger partial charge < -0.3 is 79.1 Å². The van der Waals surface area contributed by atoms with Crippen LogP contribution in [0.25, 0.3) is 0 Å². The van der Waals surface area contributed by atoms with Gasteiger partial charge in [-0.2, -0.15) is 0 Å². The van der Waals surface area contributed by atoms with E-state index in [2.05, 4.69) is 54.5 Å². The van der Waals surface area contributed by atoms with Crippen molar-refractivity contribution in [2.75, 3.05) is 13.2 Å². The molecule has 67 heavy (non-hydrogen) atoms. The number of aliphatic hydroxyl groups is 6. The van der Waals surface area contributed by atoms with Crippen molar-refractivity contribution in [3.05, 3.63) is 11.6 Å². The zero-order valence-corrected chi connectivity index (χ0v) is 39.2. The molecule has 4 saturated carbocycles. The topological polar surface area (TPSA) is 315 Å². The van der Waals surface area contributed by atoms with Gasteiger partial charge in [-0.1, -0.05) is 60.1 Å². The maximum atomic E-state index is 14.7. The molecule has 20 atom stereocenters. The second-order valence-corrected chi connectivity index (χ2v) is 22.9. The van der Waals surface area contributed by atoms with Gasteiger partial charge in [-0.05, 0) is 109 Å². The normalized spacial score (nSPS) is 49.9. The van der Waals surface area contributed by atoms with Crippen molar-refractivity contribution in [3.8, 4) is 0 Å². The first kappa shape index (κ1) is 50.5. The van der Waals surface area contributed by atoms with Gasteiger partial charge >= 0.3 is 29.7 Å². The third-order valence-corrected chi connectivity index (χ3v) is 18.7. The van der Waals surface area contributed by atoms with Crippen molar-refractivity contribution in [3.63, 3.8) is 0 Å². The van der Waals surface area contributed by atoms with Gasteiger partial charge in [0.15, 0.2) is 12.4 Å². The average Bonchev–Trinajstić information content (AvgIpc) is 3.24. The summed E-state index contributed by atoms with van der Waals surface area (Å²) in [6.45, 7) is 14.0. The number of aliphatic hydroxyl groups excluding tert-OH is 5. The Bertz CT molecular complexity index is 1990. The second kappa shape index (κ2) is 17.2. The van der Waals surface area contributed by atoms with E-state index in [0.717, 1.165) is 32.1 Å². The monoisotopic (exact) mass is 954 g/mol. The number of aliphatic carboxylic acids is 3. The number of carbonyl (C=O) groups excluding carboxylic acids is 1. The Labute approximate surface area is 388 Å². The summed E-state index contributed by atoms with van der Waals surface area (Å²) in [5, 5.41) is 92.8. The fraction of sp³-hybridized carbons (Fsp3) is 0.872. The molecule has 20 heteroatoms. The predicted octanol–water partition coefficient (Wildman–Crippen LogP) is 1.67. The molecule has 378 valence electrons. The lowest BCUT2D eigenvalue weighted by molar-refractivity contribution is -0.443. The summed E-state index contributed by atoms with van der Waals surface area (Å²) in [4.78, 5) is 50.7. The van der Waals surface area contributed by atoms with E-state index in [1.165, 1.54) is 5.57 Å². The highest BCUT2D eigenvalue weighted by atomic mass is 16.8. The molecular weight excluding hydrogens is 884 g/mol. The summed E-state index contributed by atoms with van der Waals surface area (Å²) in [6.07, 6.45) is -10.4. The van der Waals surface area contributed by atoms with Crippen molar-refractivity contribution >= 4 is 23.9 Å². The number of ether oxygens (including phenoxy) is 7. The van der Waals surface area contributed by atoms with Crippen molar-refractivity contribution < 1.29 is 98.3 Å². The Morgan fingerprint density at radius 1 is 0.761 bits per heavy atom. The number of allylic oxidation sites excluding steroid dienone is 2. The van der Waals surface area contributed by atoms with Gasteiger partial charge in [0.2, 0.25) is 12.6 Å². The van der Waals surface area contributed by atoms with E-state index < -0.39 is 128 Å². The third kappa shape index (κ3) is 7.78. The number of hydrogen-bond donors (Lipinski definition) is 9. The van der Waals surface area contributed by atoms with Gasteiger partial charge in [0, 0.05) is 0 Å². The van der Waals surface area contributed by atoms with Crippen LogP contribution in [0.2, 0.25) is 0 Å². The molecule has 8 aliphatic rings. The number of carboxylic acids is 3.